The van der Waals surface area contributed by atoms with Gasteiger partial charge in [-0.25, -0.2) is 0 Å². The van der Waals surface area contributed by atoms with E-state index in [0.717, 1.165) is 0 Å². The van der Waals surface area contributed by atoms with Gasteiger partial charge in [-0.1, -0.05) is 24.3 Å². The first-order valence-electron chi connectivity index (χ1n) is 7.85. The Bertz CT molecular complexity index is 565. The van der Waals surface area contributed by atoms with Crippen LogP contribution in [0.1, 0.15) is 29.8 Å². The van der Waals surface area contributed by atoms with Crippen molar-refractivity contribution in [2.24, 2.45) is 0 Å². The van der Waals surface area contributed by atoms with Crippen LogP contribution in [0.2, 0.25) is 0 Å². The Morgan fingerprint density at radius 3 is 2.29 bits per heavy atom. The number of fused-ring (bicyclic) bond motifs is 1. The summed E-state index contributed by atoms with van der Waals surface area (Å²) in [4.78, 5) is 0. The maximum absolute atomic E-state index is 10.3. The van der Waals surface area contributed by atoms with Gasteiger partial charge in [0.2, 0.25) is 0 Å². The Kier molecular flexibility index (Phi) is 5.19. The molecule has 0 spiro atoms. The van der Waals surface area contributed by atoms with Crippen molar-refractivity contribution in [1.82, 2.24) is 0 Å². The topological polar surface area (TPSA) is 140 Å². The number of aliphatic hydroxyl groups excluding tert-OH is 6. The van der Waals surface area contributed by atoms with Crippen LogP contribution in [0, 0.1) is 0 Å². The van der Waals surface area contributed by atoms with Crippen molar-refractivity contribution in [2.45, 2.75) is 55.4 Å². The van der Waals surface area contributed by atoms with Crippen molar-refractivity contribution >= 4 is 0 Å². The second-order valence-corrected chi connectivity index (χ2v) is 6.20. The molecule has 24 heavy (non-hydrogen) atoms. The molecule has 2 aliphatic rings. The van der Waals surface area contributed by atoms with Gasteiger partial charge in [0.05, 0.1) is 18.8 Å². The van der Waals surface area contributed by atoms with Gasteiger partial charge in [0.15, 0.2) is 6.29 Å². The Balaban J connectivity index is 1.83. The van der Waals surface area contributed by atoms with Crippen LogP contribution in [0.4, 0.5) is 0 Å². The maximum atomic E-state index is 10.3. The molecular formula is C16H22O8. The average molecular weight is 342 g/mol. The number of hydrogen-bond donors (Lipinski definition) is 6. The molecule has 0 saturated carbocycles. The van der Waals surface area contributed by atoms with Crippen LogP contribution in [0.25, 0.3) is 0 Å². The van der Waals surface area contributed by atoms with Gasteiger partial charge in [-0.2, -0.15) is 0 Å². The zero-order valence-corrected chi connectivity index (χ0v) is 12.8. The predicted octanol–water partition coefficient (Wildman–Crippen LogP) is -1.66. The van der Waals surface area contributed by atoms with E-state index >= 15 is 0 Å². The van der Waals surface area contributed by atoms with E-state index in [2.05, 4.69) is 0 Å². The molecule has 1 aromatic rings. The molecule has 0 bridgehead atoms. The fourth-order valence-corrected chi connectivity index (χ4v) is 3.25. The molecule has 1 heterocycles. The standard InChI is InChI=1S/C16H22O8/c17-6-11-12(20)13(21)14(22)16(23-11)24-15-8-4-2-1-3-7(8)9(18)5-10(15)19/h1-4,9-22H,5-6H2. The summed E-state index contributed by atoms with van der Waals surface area (Å²) in [5.74, 6) is 0. The summed E-state index contributed by atoms with van der Waals surface area (Å²) < 4.78 is 11.0. The van der Waals surface area contributed by atoms with Gasteiger partial charge >= 0.3 is 0 Å². The monoisotopic (exact) mass is 342 g/mol. The lowest BCUT2D eigenvalue weighted by Crippen LogP contribution is -2.59. The average Bonchev–Trinajstić information content (AvgIpc) is 2.58. The summed E-state index contributed by atoms with van der Waals surface area (Å²) in [5.41, 5.74) is 1.16. The number of hydrogen-bond acceptors (Lipinski definition) is 8. The Hall–Kier alpha value is -1.10. The van der Waals surface area contributed by atoms with Gasteiger partial charge in [-0.3, -0.25) is 0 Å². The van der Waals surface area contributed by atoms with Gasteiger partial charge in [-0.15, -0.1) is 0 Å². The van der Waals surface area contributed by atoms with Gasteiger partial charge in [0.1, 0.15) is 30.5 Å². The lowest BCUT2D eigenvalue weighted by atomic mass is 9.85. The molecule has 6 N–H and O–H groups in total. The van der Waals surface area contributed by atoms with Gasteiger partial charge in [0, 0.05) is 6.42 Å². The second-order valence-electron chi connectivity index (χ2n) is 6.20. The van der Waals surface area contributed by atoms with E-state index in [1.165, 1.54) is 0 Å². The third-order valence-electron chi connectivity index (χ3n) is 4.60. The van der Waals surface area contributed by atoms with Crippen molar-refractivity contribution in [2.75, 3.05) is 6.61 Å². The Morgan fingerprint density at radius 1 is 0.958 bits per heavy atom. The quantitative estimate of drug-likeness (QED) is 0.384. The molecule has 8 unspecified atom stereocenters. The molecule has 0 aromatic heterocycles. The first kappa shape index (κ1) is 17.7. The van der Waals surface area contributed by atoms with Crippen molar-refractivity contribution < 1.29 is 40.1 Å². The molecule has 0 radical (unpaired) electrons. The first-order chi connectivity index (χ1) is 11.4. The van der Waals surface area contributed by atoms with Crippen LogP contribution in [0.5, 0.6) is 0 Å². The van der Waals surface area contributed by atoms with Gasteiger partial charge in [-0.05, 0) is 11.1 Å². The highest BCUT2D eigenvalue weighted by molar-refractivity contribution is 5.34. The van der Waals surface area contributed by atoms with E-state index in [0.29, 0.717) is 11.1 Å². The van der Waals surface area contributed by atoms with Gasteiger partial charge in [0.25, 0.3) is 0 Å². The molecule has 8 atom stereocenters. The van der Waals surface area contributed by atoms with Gasteiger partial charge < -0.3 is 40.1 Å². The molecule has 1 aromatic carbocycles. The zero-order valence-electron chi connectivity index (χ0n) is 12.8. The predicted molar refractivity (Wildman–Crippen MR) is 79.6 cm³/mol. The van der Waals surface area contributed by atoms with Crippen LogP contribution in [0.15, 0.2) is 24.3 Å². The third kappa shape index (κ3) is 3.07. The molecule has 1 saturated heterocycles. The van der Waals surface area contributed by atoms with E-state index in [1.807, 2.05) is 0 Å². The minimum absolute atomic E-state index is 0.0547. The lowest BCUT2D eigenvalue weighted by molar-refractivity contribution is -0.319. The SMILES string of the molecule is OCC1OC(OC2c3ccccc3C(O)CC2O)C(O)C(O)C1O. The highest BCUT2D eigenvalue weighted by atomic mass is 16.7. The van der Waals surface area contributed by atoms with E-state index in [-0.39, 0.29) is 6.42 Å². The van der Waals surface area contributed by atoms with Crippen LogP contribution in [-0.2, 0) is 9.47 Å². The molecular weight excluding hydrogens is 320 g/mol. The molecule has 3 rings (SSSR count). The lowest BCUT2D eigenvalue weighted by Gasteiger charge is -2.42. The largest absolute Gasteiger partial charge is 0.394 e. The minimum atomic E-state index is -1.55. The summed E-state index contributed by atoms with van der Waals surface area (Å²) in [5, 5.41) is 59.2. The van der Waals surface area contributed by atoms with E-state index in [1.54, 1.807) is 24.3 Å². The number of benzene rings is 1. The summed E-state index contributed by atoms with van der Waals surface area (Å²) >= 11 is 0. The molecule has 134 valence electrons. The highest BCUT2D eigenvalue weighted by Crippen LogP contribution is 2.40. The number of aliphatic hydroxyl groups is 6. The number of rotatable bonds is 3. The molecule has 0 amide bonds. The summed E-state index contributed by atoms with van der Waals surface area (Å²) in [6.45, 7) is -0.562. The molecule has 1 aliphatic heterocycles. The fourth-order valence-electron chi connectivity index (χ4n) is 3.25. The fraction of sp³-hybridized carbons (Fsp3) is 0.625. The van der Waals surface area contributed by atoms with E-state index < -0.39 is 55.6 Å². The van der Waals surface area contributed by atoms with Crippen LogP contribution >= 0.6 is 0 Å². The van der Waals surface area contributed by atoms with Crippen LogP contribution in [0.3, 0.4) is 0 Å². The molecule has 1 aliphatic carbocycles. The maximum Gasteiger partial charge on any atom is 0.187 e. The first-order valence-corrected chi connectivity index (χ1v) is 7.85. The molecule has 8 heteroatoms. The summed E-state index contributed by atoms with van der Waals surface area (Å²) in [7, 11) is 0. The van der Waals surface area contributed by atoms with E-state index in [4.69, 9.17) is 9.47 Å². The van der Waals surface area contributed by atoms with Crippen molar-refractivity contribution in [3.8, 4) is 0 Å². The van der Waals surface area contributed by atoms with Crippen LogP contribution in [-0.4, -0.2) is 74.1 Å². The van der Waals surface area contributed by atoms with Crippen molar-refractivity contribution in [1.29, 1.82) is 0 Å². The minimum Gasteiger partial charge on any atom is -0.394 e. The highest BCUT2D eigenvalue weighted by Gasteiger charge is 2.46. The summed E-state index contributed by atoms with van der Waals surface area (Å²) in [6.07, 6.45) is -9.71. The Labute approximate surface area is 138 Å². The normalized spacial score (nSPS) is 42.6. The second kappa shape index (κ2) is 7.03. The van der Waals surface area contributed by atoms with Crippen molar-refractivity contribution in [3.05, 3.63) is 35.4 Å². The Morgan fingerprint density at radius 2 is 1.62 bits per heavy atom. The third-order valence-corrected chi connectivity index (χ3v) is 4.60. The zero-order chi connectivity index (χ0) is 17.4. The summed E-state index contributed by atoms with van der Waals surface area (Å²) in [6, 6.07) is 6.89. The molecule has 1 fully saturated rings. The number of ether oxygens (including phenoxy) is 2. The van der Waals surface area contributed by atoms with E-state index in [9.17, 15) is 30.6 Å². The van der Waals surface area contributed by atoms with Crippen molar-refractivity contribution in [3.63, 3.8) is 0 Å². The smallest absolute Gasteiger partial charge is 0.187 e. The molecule has 8 nitrogen and oxygen atoms in total. The van der Waals surface area contributed by atoms with Crippen LogP contribution < -0.4 is 0 Å².